The second kappa shape index (κ2) is 9.70. The summed E-state index contributed by atoms with van der Waals surface area (Å²) in [6.45, 7) is 6.06. The number of anilines is 1. The fraction of sp³-hybridized carbons (Fsp3) is 0.292. The van der Waals surface area contributed by atoms with Crippen LogP contribution in [0.15, 0.2) is 48.7 Å². The zero-order chi connectivity index (χ0) is 26.1. The van der Waals surface area contributed by atoms with Crippen molar-refractivity contribution in [2.45, 2.75) is 32.7 Å². The first-order chi connectivity index (χ1) is 16.9. The van der Waals surface area contributed by atoms with Crippen LogP contribution < -0.4 is 10.5 Å². The molecule has 3 heterocycles. The second-order valence-corrected chi connectivity index (χ2v) is 11.1. The molecule has 0 atom stereocenters. The van der Waals surface area contributed by atoms with Crippen molar-refractivity contribution >= 4 is 16.0 Å². The Balaban J connectivity index is 1.57. The molecule has 12 heteroatoms. The van der Waals surface area contributed by atoms with Gasteiger partial charge in [-0.1, -0.05) is 37.3 Å². The van der Waals surface area contributed by atoms with Crippen LogP contribution in [0.5, 0.6) is 0 Å². The lowest BCUT2D eigenvalue weighted by Gasteiger charge is -2.24. The summed E-state index contributed by atoms with van der Waals surface area (Å²) in [5.74, 6) is -0.372. The lowest BCUT2D eigenvalue weighted by Crippen LogP contribution is -2.36. The summed E-state index contributed by atoms with van der Waals surface area (Å²) in [7, 11) is -3.32. The van der Waals surface area contributed by atoms with E-state index in [0.717, 1.165) is 17.6 Å². The van der Waals surface area contributed by atoms with E-state index in [2.05, 4.69) is 25.0 Å². The second-order valence-electron chi connectivity index (χ2n) is 9.23. The SMILES string of the molecule is Cc1cccc(-c2cc(-c3cn(Cc4cccc(C(C)(C)CNS(C)(=O)=O)n4)nn3)nc(N)n2)c1F. The molecule has 0 saturated heterocycles. The Morgan fingerprint density at radius 2 is 1.78 bits per heavy atom. The number of nitrogens with one attached hydrogen (secondary N) is 1. The number of aryl methyl sites for hydroxylation is 1. The maximum absolute atomic E-state index is 14.6. The third-order valence-corrected chi connectivity index (χ3v) is 6.28. The first-order valence-electron chi connectivity index (χ1n) is 11.1. The van der Waals surface area contributed by atoms with Crippen LogP contribution in [0, 0.1) is 12.7 Å². The highest BCUT2D eigenvalue weighted by atomic mass is 32.2. The average molecular weight is 511 g/mol. The topological polar surface area (TPSA) is 142 Å². The van der Waals surface area contributed by atoms with Crippen molar-refractivity contribution in [3.63, 3.8) is 0 Å². The first-order valence-corrected chi connectivity index (χ1v) is 13.0. The summed E-state index contributed by atoms with van der Waals surface area (Å²) in [5, 5.41) is 8.37. The molecular weight excluding hydrogens is 483 g/mol. The minimum Gasteiger partial charge on any atom is -0.368 e. The molecule has 0 spiro atoms. The van der Waals surface area contributed by atoms with Crippen LogP contribution in [0.4, 0.5) is 10.3 Å². The number of halogens is 1. The van der Waals surface area contributed by atoms with E-state index in [1.54, 1.807) is 42.1 Å². The van der Waals surface area contributed by atoms with Gasteiger partial charge < -0.3 is 5.73 Å². The Morgan fingerprint density at radius 1 is 1.06 bits per heavy atom. The van der Waals surface area contributed by atoms with E-state index in [4.69, 9.17) is 10.7 Å². The summed E-state index contributed by atoms with van der Waals surface area (Å²) in [4.78, 5) is 13.1. The predicted octanol–water partition coefficient (Wildman–Crippen LogP) is 2.70. The predicted molar refractivity (Wildman–Crippen MR) is 135 cm³/mol. The molecule has 3 aromatic heterocycles. The molecule has 0 unspecified atom stereocenters. The van der Waals surface area contributed by atoms with E-state index in [0.29, 0.717) is 34.8 Å². The number of sulfonamides is 1. The summed E-state index contributed by atoms with van der Waals surface area (Å²) in [5.41, 5.74) is 8.90. The van der Waals surface area contributed by atoms with E-state index in [1.165, 1.54) is 0 Å². The molecule has 3 N–H and O–H groups in total. The molecule has 188 valence electrons. The quantitative estimate of drug-likeness (QED) is 0.369. The molecule has 0 amide bonds. The van der Waals surface area contributed by atoms with Crippen molar-refractivity contribution in [1.29, 1.82) is 0 Å². The van der Waals surface area contributed by atoms with Gasteiger partial charge in [0.25, 0.3) is 0 Å². The van der Waals surface area contributed by atoms with Crippen LogP contribution >= 0.6 is 0 Å². The zero-order valence-corrected chi connectivity index (χ0v) is 21.2. The molecule has 0 aliphatic rings. The Morgan fingerprint density at radius 3 is 2.53 bits per heavy atom. The third kappa shape index (κ3) is 5.89. The molecular formula is C24H27FN8O2S. The minimum absolute atomic E-state index is 0.00254. The number of pyridine rings is 1. The van der Waals surface area contributed by atoms with Gasteiger partial charge >= 0.3 is 0 Å². The number of rotatable bonds is 8. The van der Waals surface area contributed by atoms with E-state index < -0.39 is 15.4 Å². The van der Waals surface area contributed by atoms with Crippen molar-refractivity contribution in [2.75, 3.05) is 18.5 Å². The van der Waals surface area contributed by atoms with Crippen LogP contribution in [0.1, 0.15) is 30.8 Å². The highest BCUT2D eigenvalue weighted by Gasteiger charge is 2.24. The Bertz CT molecular complexity index is 1520. The van der Waals surface area contributed by atoms with Crippen LogP contribution in [-0.2, 0) is 22.0 Å². The molecule has 4 aromatic rings. The van der Waals surface area contributed by atoms with Crippen molar-refractivity contribution in [3.05, 3.63) is 71.4 Å². The molecule has 36 heavy (non-hydrogen) atoms. The van der Waals surface area contributed by atoms with Gasteiger partial charge in [-0.05, 0) is 36.8 Å². The molecule has 4 rings (SSSR count). The lowest BCUT2D eigenvalue weighted by atomic mass is 9.89. The summed E-state index contributed by atoms with van der Waals surface area (Å²) in [6, 6.07) is 12.3. The number of nitrogens with two attached hydrogens (primary N) is 1. The Kier molecular flexibility index (Phi) is 6.83. The standard InChI is InChI=1S/C24H27FN8O2S/c1-15-7-5-9-17(22(15)25)18-11-19(30-23(26)29-18)20-13-33(32-31-20)12-16-8-6-10-21(28-16)24(2,3)14-27-36(4,34)35/h5-11,13,27H,12,14H2,1-4H3,(H2,26,29,30). The molecule has 0 aliphatic carbocycles. The van der Waals surface area contributed by atoms with Gasteiger partial charge in [-0.15, -0.1) is 5.10 Å². The fourth-order valence-electron chi connectivity index (χ4n) is 3.59. The third-order valence-electron chi connectivity index (χ3n) is 5.61. The van der Waals surface area contributed by atoms with Gasteiger partial charge in [0.15, 0.2) is 0 Å². The van der Waals surface area contributed by atoms with Gasteiger partial charge in [-0.25, -0.2) is 32.2 Å². The van der Waals surface area contributed by atoms with E-state index in [-0.39, 0.29) is 18.3 Å². The minimum atomic E-state index is -3.32. The number of hydrogen-bond acceptors (Lipinski definition) is 8. The van der Waals surface area contributed by atoms with Crippen molar-refractivity contribution in [1.82, 2.24) is 34.7 Å². The van der Waals surface area contributed by atoms with Crippen LogP contribution in [0.2, 0.25) is 0 Å². The average Bonchev–Trinajstić information content (AvgIpc) is 3.27. The highest BCUT2D eigenvalue weighted by Crippen LogP contribution is 2.27. The molecule has 0 aliphatic heterocycles. The first kappa shape index (κ1) is 25.3. The van der Waals surface area contributed by atoms with Gasteiger partial charge in [0, 0.05) is 23.2 Å². The Hall–Kier alpha value is -3.77. The molecule has 1 aromatic carbocycles. The largest absolute Gasteiger partial charge is 0.368 e. The van der Waals surface area contributed by atoms with Gasteiger partial charge in [-0.2, -0.15) is 0 Å². The highest BCUT2D eigenvalue weighted by molar-refractivity contribution is 7.88. The number of aromatic nitrogens is 6. The number of hydrogen-bond donors (Lipinski definition) is 2. The maximum atomic E-state index is 14.6. The van der Waals surface area contributed by atoms with Crippen LogP contribution in [0.3, 0.4) is 0 Å². The maximum Gasteiger partial charge on any atom is 0.221 e. The number of nitrogens with zero attached hydrogens (tertiary/aromatic N) is 6. The number of nitrogen functional groups attached to an aromatic ring is 1. The molecule has 0 bridgehead atoms. The van der Waals surface area contributed by atoms with Crippen LogP contribution in [0.25, 0.3) is 22.6 Å². The number of benzene rings is 1. The summed E-state index contributed by atoms with van der Waals surface area (Å²) < 4.78 is 41.8. The lowest BCUT2D eigenvalue weighted by molar-refractivity contribution is 0.487. The van der Waals surface area contributed by atoms with Gasteiger partial charge in [-0.3, -0.25) is 4.98 Å². The van der Waals surface area contributed by atoms with Crippen molar-refractivity contribution < 1.29 is 12.8 Å². The zero-order valence-electron chi connectivity index (χ0n) is 20.4. The Labute approximate surface area is 208 Å². The smallest absolute Gasteiger partial charge is 0.221 e. The van der Waals surface area contributed by atoms with E-state index >= 15 is 0 Å². The van der Waals surface area contributed by atoms with E-state index in [9.17, 15) is 12.8 Å². The van der Waals surface area contributed by atoms with Gasteiger partial charge in [0.05, 0.1) is 36.1 Å². The molecule has 0 fully saturated rings. The van der Waals surface area contributed by atoms with Crippen molar-refractivity contribution in [2.24, 2.45) is 0 Å². The van der Waals surface area contributed by atoms with Crippen molar-refractivity contribution in [3.8, 4) is 22.6 Å². The summed E-state index contributed by atoms with van der Waals surface area (Å²) >= 11 is 0. The molecule has 0 saturated carbocycles. The fourth-order valence-corrected chi connectivity index (χ4v) is 4.21. The monoisotopic (exact) mass is 510 g/mol. The van der Waals surface area contributed by atoms with E-state index in [1.807, 2.05) is 32.0 Å². The molecule has 10 nitrogen and oxygen atoms in total. The van der Waals surface area contributed by atoms with Gasteiger partial charge in [0.1, 0.15) is 11.5 Å². The molecule has 0 radical (unpaired) electrons. The normalized spacial score (nSPS) is 12.1. The van der Waals surface area contributed by atoms with Gasteiger partial charge in [0.2, 0.25) is 16.0 Å². The summed E-state index contributed by atoms with van der Waals surface area (Å²) in [6.07, 6.45) is 2.82. The van der Waals surface area contributed by atoms with Crippen LogP contribution in [-0.4, -0.2) is 51.2 Å².